The summed E-state index contributed by atoms with van der Waals surface area (Å²) < 4.78 is 0.555. The molecule has 1 fully saturated rings. The predicted octanol–water partition coefficient (Wildman–Crippen LogP) is -0.510. The van der Waals surface area contributed by atoms with E-state index in [2.05, 4.69) is 33.1 Å². The Morgan fingerprint density at radius 1 is 1.65 bits per heavy atom. The zero-order chi connectivity index (χ0) is 13.0. The van der Waals surface area contributed by atoms with Crippen molar-refractivity contribution in [3.05, 3.63) is 11.1 Å². The van der Waals surface area contributed by atoms with Gasteiger partial charge in [0.2, 0.25) is 5.91 Å². The third-order valence-corrected chi connectivity index (χ3v) is 2.44. The molecule has 7 nitrogen and oxygen atoms in total. The summed E-state index contributed by atoms with van der Waals surface area (Å²) >= 11 is 3.06. The van der Waals surface area contributed by atoms with Crippen molar-refractivity contribution in [2.24, 2.45) is 0 Å². The number of carboxylic acid groups (broad SMARTS) is 1. The number of amides is 3. The third-order valence-electron chi connectivity index (χ3n) is 2.16. The molecule has 0 aromatic heterocycles. The van der Waals surface area contributed by atoms with Gasteiger partial charge in [0.05, 0.1) is 6.54 Å². The zero-order valence-corrected chi connectivity index (χ0v) is 10.5. The van der Waals surface area contributed by atoms with Crippen LogP contribution in [0.5, 0.6) is 0 Å². The number of hydrogen-bond acceptors (Lipinski definition) is 3. The average Bonchev–Trinajstić information content (AvgIpc) is 2.25. The van der Waals surface area contributed by atoms with E-state index in [1.807, 2.05) is 0 Å². The Morgan fingerprint density at radius 3 is 2.82 bits per heavy atom. The third kappa shape index (κ3) is 3.74. The molecule has 1 aliphatic heterocycles. The van der Waals surface area contributed by atoms with Crippen LogP contribution in [0.1, 0.15) is 0 Å². The normalized spacial score (nSPS) is 19.5. The Bertz CT molecular complexity index is 371. The Morgan fingerprint density at radius 2 is 2.29 bits per heavy atom. The summed E-state index contributed by atoms with van der Waals surface area (Å²) in [5.74, 6) is -1.53. The van der Waals surface area contributed by atoms with Crippen molar-refractivity contribution < 1.29 is 19.5 Å². The summed E-state index contributed by atoms with van der Waals surface area (Å²) in [4.78, 5) is 34.7. The van der Waals surface area contributed by atoms with Crippen LogP contribution in [0.25, 0.3) is 0 Å². The van der Waals surface area contributed by atoms with Gasteiger partial charge in [-0.05, 0) is 0 Å². The Labute approximate surface area is 106 Å². The van der Waals surface area contributed by atoms with Gasteiger partial charge in [0.1, 0.15) is 12.6 Å². The molecular formula is C9H12BrN3O4. The molecule has 0 aliphatic carbocycles. The number of hydrogen-bond donors (Lipinski definition) is 3. The molecule has 0 saturated carbocycles. The SMILES string of the molecule is C=C(Br)CNC(=O)N1CC(=O)NCC1C(=O)O. The number of nitrogens with zero attached hydrogens (tertiary/aromatic N) is 1. The van der Waals surface area contributed by atoms with Crippen LogP contribution in [0.2, 0.25) is 0 Å². The van der Waals surface area contributed by atoms with Crippen molar-refractivity contribution in [2.45, 2.75) is 6.04 Å². The van der Waals surface area contributed by atoms with Crippen LogP contribution in [0.3, 0.4) is 0 Å². The molecular weight excluding hydrogens is 294 g/mol. The maximum atomic E-state index is 11.7. The maximum Gasteiger partial charge on any atom is 0.328 e. The highest BCUT2D eigenvalue weighted by Crippen LogP contribution is 2.05. The van der Waals surface area contributed by atoms with Crippen LogP contribution in [0, 0.1) is 0 Å². The molecule has 1 aliphatic rings. The zero-order valence-electron chi connectivity index (χ0n) is 8.90. The fourth-order valence-corrected chi connectivity index (χ4v) is 1.49. The van der Waals surface area contributed by atoms with E-state index >= 15 is 0 Å². The Kier molecular flexibility index (Phi) is 4.50. The average molecular weight is 306 g/mol. The van der Waals surface area contributed by atoms with E-state index in [9.17, 15) is 14.4 Å². The Balaban J connectivity index is 2.68. The first kappa shape index (κ1) is 13.5. The van der Waals surface area contributed by atoms with Crippen molar-refractivity contribution in [1.29, 1.82) is 0 Å². The van der Waals surface area contributed by atoms with Gasteiger partial charge in [-0.1, -0.05) is 22.5 Å². The standard InChI is InChI=1S/C9H12BrN3O4/c1-5(10)2-12-9(17)13-4-7(14)11-3-6(13)8(15)16/h6H,1-4H2,(H,11,14)(H,12,17)(H,15,16). The van der Waals surface area contributed by atoms with Crippen molar-refractivity contribution in [3.63, 3.8) is 0 Å². The van der Waals surface area contributed by atoms with E-state index in [-0.39, 0.29) is 25.5 Å². The number of halogens is 1. The summed E-state index contributed by atoms with van der Waals surface area (Å²) in [6.07, 6.45) is 0. The minimum atomic E-state index is -1.15. The lowest BCUT2D eigenvalue weighted by molar-refractivity contribution is -0.144. The van der Waals surface area contributed by atoms with Gasteiger partial charge < -0.3 is 15.7 Å². The van der Waals surface area contributed by atoms with Gasteiger partial charge in [0.15, 0.2) is 0 Å². The second-order valence-electron chi connectivity index (χ2n) is 3.46. The molecule has 0 spiro atoms. The van der Waals surface area contributed by atoms with Crippen LogP contribution in [-0.4, -0.2) is 53.6 Å². The van der Waals surface area contributed by atoms with Gasteiger partial charge in [0, 0.05) is 11.0 Å². The smallest absolute Gasteiger partial charge is 0.328 e. The highest BCUT2D eigenvalue weighted by atomic mass is 79.9. The second-order valence-corrected chi connectivity index (χ2v) is 4.58. The van der Waals surface area contributed by atoms with Crippen LogP contribution >= 0.6 is 15.9 Å². The minimum absolute atomic E-state index is 0.0865. The summed E-state index contributed by atoms with van der Waals surface area (Å²) in [6.45, 7) is 3.35. The number of carbonyl (C=O) groups excluding carboxylic acids is 2. The predicted molar refractivity (Wildman–Crippen MR) is 62.6 cm³/mol. The summed E-state index contributed by atoms with van der Waals surface area (Å²) in [6, 6.07) is -1.65. The molecule has 3 amide bonds. The maximum absolute atomic E-state index is 11.7. The lowest BCUT2D eigenvalue weighted by Gasteiger charge is -2.32. The molecule has 0 bridgehead atoms. The molecule has 0 aromatic rings. The first-order valence-electron chi connectivity index (χ1n) is 4.79. The fraction of sp³-hybridized carbons (Fsp3) is 0.444. The highest BCUT2D eigenvalue weighted by molar-refractivity contribution is 9.11. The van der Waals surface area contributed by atoms with Crippen molar-refractivity contribution >= 4 is 33.8 Å². The molecule has 0 radical (unpaired) electrons. The number of rotatable bonds is 3. The van der Waals surface area contributed by atoms with Gasteiger partial charge >= 0.3 is 12.0 Å². The number of piperazine rings is 1. The largest absolute Gasteiger partial charge is 0.480 e. The van der Waals surface area contributed by atoms with Gasteiger partial charge in [-0.15, -0.1) is 0 Å². The molecule has 1 heterocycles. The molecule has 8 heteroatoms. The van der Waals surface area contributed by atoms with E-state index in [4.69, 9.17) is 5.11 Å². The van der Waals surface area contributed by atoms with Gasteiger partial charge in [-0.2, -0.15) is 0 Å². The lowest BCUT2D eigenvalue weighted by Crippen LogP contribution is -2.61. The summed E-state index contributed by atoms with van der Waals surface area (Å²) in [7, 11) is 0. The van der Waals surface area contributed by atoms with Crippen LogP contribution in [-0.2, 0) is 9.59 Å². The van der Waals surface area contributed by atoms with Crippen molar-refractivity contribution in [2.75, 3.05) is 19.6 Å². The molecule has 1 saturated heterocycles. The van der Waals surface area contributed by atoms with Gasteiger partial charge in [-0.3, -0.25) is 9.69 Å². The van der Waals surface area contributed by atoms with Gasteiger partial charge in [-0.25, -0.2) is 9.59 Å². The topological polar surface area (TPSA) is 98.7 Å². The van der Waals surface area contributed by atoms with E-state index < -0.39 is 18.0 Å². The van der Waals surface area contributed by atoms with Crippen LogP contribution in [0.15, 0.2) is 11.1 Å². The number of urea groups is 1. The number of carbonyl (C=O) groups is 3. The monoisotopic (exact) mass is 305 g/mol. The minimum Gasteiger partial charge on any atom is -0.480 e. The Hall–Kier alpha value is -1.57. The number of aliphatic carboxylic acids is 1. The van der Waals surface area contributed by atoms with E-state index in [0.29, 0.717) is 4.48 Å². The van der Waals surface area contributed by atoms with Gasteiger partial charge in [0.25, 0.3) is 0 Å². The second kappa shape index (κ2) is 5.67. The number of nitrogens with one attached hydrogen (secondary N) is 2. The molecule has 1 rings (SSSR count). The quantitative estimate of drug-likeness (QED) is 0.654. The molecule has 17 heavy (non-hydrogen) atoms. The summed E-state index contributed by atoms with van der Waals surface area (Å²) in [5.41, 5.74) is 0. The fourth-order valence-electron chi connectivity index (χ4n) is 1.35. The van der Waals surface area contributed by atoms with Crippen LogP contribution in [0.4, 0.5) is 4.79 Å². The summed E-state index contributed by atoms with van der Waals surface area (Å²) in [5, 5.41) is 13.8. The van der Waals surface area contributed by atoms with Crippen LogP contribution < -0.4 is 10.6 Å². The van der Waals surface area contributed by atoms with Crippen molar-refractivity contribution in [1.82, 2.24) is 15.5 Å². The first-order valence-corrected chi connectivity index (χ1v) is 5.58. The molecule has 1 atom stereocenters. The van der Waals surface area contributed by atoms with E-state index in [0.717, 1.165) is 4.90 Å². The molecule has 94 valence electrons. The molecule has 3 N–H and O–H groups in total. The number of carboxylic acids is 1. The first-order chi connectivity index (χ1) is 7.91. The van der Waals surface area contributed by atoms with E-state index in [1.54, 1.807) is 0 Å². The van der Waals surface area contributed by atoms with E-state index in [1.165, 1.54) is 0 Å². The lowest BCUT2D eigenvalue weighted by atomic mass is 10.2. The molecule has 1 unspecified atom stereocenters. The van der Waals surface area contributed by atoms with Crippen molar-refractivity contribution in [3.8, 4) is 0 Å². The highest BCUT2D eigenvalue weighted by Gasteiger charge is 2.34. The molecule has 0 aromatic carbocycles.